The molecule has 0 aliphatic heterocycles. The molecule has 2 aromatic rings. The van der Waals surface area contributed by atoms with Crippen LogP contribution in [-0.4, -0.2) is 15.7 Å². The lowest BCUT2D eigenvalue weighted by molar-refractivity contribution is 0.101. The number of carbonyl (C=O) groups is 1. The van der Waals surface area contributed by atoms with E-state index in [9.17, 15) is 13.6 Å². The van der Waals surface area contributed by atoms with Gasteiger partial charge >= 0.3 is 0 Å². The Bertz CT molecular complexity index is 687. The van der Waals surface area contributed by atoms with Gasteiger partial charge in [0.05, 0.1) is 11.4 Å². The minimum Gasteiger partial charge on any atom is -0.318 e. The van der Waals surface area contributed by atoms with Gasteiger partial charge in [-0.1, -0.05) is 20.8 Å². The maximum Gasteiger partial charge on any atom is 0.274 e. The number of anilines is 1. The van der Waals surface area contributed by atoms with Gasteiger partial charge in [0, 0.05) is 18.5 Å². The van der Waals surface area contributed by atoms with E-state index in [0.717, 1.165) is 23.9 Å². The predicted molar refractivity (Wildman–Crippen MR) is 76.2 cm³/mol. The number of rotatable bonds is 2. The molecule has 1 aromatic heterocycles. The predicted octanol–water partition coefficient (Wildman–Crippen LogP) is 3.25. The fourth-order valence-electron chi connectivity index (χ4n) is 1.83. The highest BCUT2D eigenvalue weighted by atomic mass is 19.1. The molecule has 0 spiro atoms. The summed E-state index contributed by atoms with van der Waals surface area (Å²) in [6.45, 7) is 5.93. The molecule has 4 nitrogen and oxygen atoms in total. The van der Waals surface area contributed by atoms with Crippen molar-refractivity contribution in [2.75, 3.05) is 5.32 Å². The SMILES string of the molecule is Cn1nc(C(C)(C)C)cc1C(=O)Nc1cc(F)ccc1F. The summed E-state index contributed by atoms with van der Waals surface area (Å²) in [6, 6.07) is 4.54. The second-order valence-electron chi connectivity index (χ2n) is 5.87. The normalized spacial score (nSPS) is 11.5. The van der Waals surface area contributed by atoms with Crippen LogP contribution in [0.15, 0.2) is 24.3 Å². The number of carbonyl (C=O) groups excluding carboxylic acids is 1. The van der Waals surface area contributed by atoms with Crippen LogP contribution in [0.1, 0.15) is 37.0 Å². The van der Waals surface area contributed by atoms with Gasteiger partial charge in [0.25, 0.3) is 5.91 Å². The van der Waals surface area contributed by atoms with Crippen LogP contribution >= 0.6 is 0 Å². The number of halogens is 2. The first-order valence-corrected chi connectivity index (χ1v) is 6.49. The van der Waals surface area contributed by atoms with Crippen molar-refractivity contribution in [2.45, 2.75) is 26.2 Å². The van der Waals surface area contributed by atoms with Gasteiger partial charge in [-0.3, -0.25) is 9.48 Å². The highest BCUT2D eigenvalue weighted by Crippen LogP contribution is 2.22. The fraction of sp³-hybridized carbons (Fsp3) is 0.333. The van der Waals surface area contributed by atoms with E-state index in [1.807, 2.05) is 20.8 Å². The van der Waals surface area contributed by atoms with Gasteiger partial charge in [-0.25, -0.2) is 8.78 Å². The van der Waals surface area contributed by atoms with E-state index in [4.69, 9.17) is 0 Å². The van der Waals surface area contributed by atoms with E-state index in [0.29, 0.717) is 0 Å². The van der Waals surface area contributed by atoms with Crippen molar-refractivity contribution in [3.63, 3.8) is 0 Å². The lowest BCUT2D eigenvalue weighted by Gasteiger charge is -2.13. The number of hydrogen-bond acceptors (Lipinski definition) is 2. The first kappa shape index (κ1) is 15.2. The number of aromatic nitrogens is 2. The Balaban J connectivity index is 2.29. The van der Waals surface area contributed by atoms with Crippen molar-refractivity contribution in [2.24, 2.45) is 7.05 Å². The first-order valence-electron chi connectivity index (χ1n) is 6.49. The maximum atomic E-state index is 13.5. The fourth-order valence-corrected chi connectivity index (χ4v) is 1.83. The Morgan fingerprint density at radius 2 is 1.90 bits per heavy atom. The molecule has 2 rings (SSSR count). The number of nitrogens with one attached hydrogen (secondary N) is 1. The zero-order chi connectivity index (χ0) is 15.8. The molecular formula is C15H17F2N3O. The lowest BCUT2D eigenvalue weighted by atomic mass is 9.92. The zero-order valence-corrected chi connectivity index (χ0v) is 12.4. The summed E-state index contributed by atoms with van der Waals surface area (Å²) in [5.41, 5.74) is 0.623. The monoisotopic (exact) mass is 293 g/mol. The molecule has 0 bridgehead atoms. The van der Waals surface area contributed by atoms with Crippen molar-refractivity contribution in [1.29, 1.82) is 0 Å². The minimum absolute atomic E-state index is 0.196. The van der Waals surface area contributed by atoms with Crippen LogP contribution in [0.4, 0.5) is 14.5 Å². The first-order chi connectivity index (χ1) is 9.68. The average molecular weight is 293 g/mol. The molecule has 0 fully saturated rings. The number of benzene rings is 1. The lowest BCUT2D eigenvalue weighted by Crippen LogP contribution is -2.17. The summed E-state index contributed by atoms with van der Waals surface area (Å²) in [4.78, 5) is 12.2. The molecule has 0 saturated carbocycles. The third kappa shape index (κ3) is 3.26. The van der Waals surface area contributed by atoms with Gasteiger partial charge in [0.15, 0.2) is 0 Å². The molecule has 112 valence electrons. The van der Waals surface area contributed by atoms with Crippen LogP contribution in [-0.2, 0) is 12.5 Å². The van der Waals surface area contributed by atoms with Crippen molar-refractivity contribution >= 4 is 11.6 Å². The molecule has 1 amide bonds. The second-order valence-corrected chi connectivity index (χ2v) is 5.87. The van der Waals surface area contributed by atoms with E-state index in [2.05, 4.69) is 10.4 Å². The van der Waals surface area contributed by atoms with Crippen LogP contribution in [0.5, 0.6) is 0 Å². The van der Waals surface area contributed by atoms with Crippen LogP contribution in [0.2, 0.25) is 0 Å². The molecule has 0 aliphatic rings. The molecule has 1 aromatic carbocycles. The van der Waals surface area contributed by atoms with Gasteiger partial charge < -0.3 is 5.32 Å². The number of hydrogen-bond donors (Lipinski definition) is 1. The Labute approximate surface area is 121 Å². The third-order valence-electron chi connectivity index (χ3n) is 3.06. The van der Waals surface area contributed by atoms with E-state index in [1.165, 1.54) is 4.68 Å². The van der Waals surface area contributed by atoms with Gasteiger partial charge in [0.2, 0.25) is 0 Å². The Kier molecular flexibility index (Phi) is 3.80. The summed E-state index contributed by atoms with van der Waals surface area (Å²) in [5, 5.41) is 6.63. The molecule has 0 saturated heterocycles. The molecule has 1 heterocycles. The average Bonchev–Trinajstić information content (AvgIpc) is 2.76. The smallest absolute Gasteiger partial charge is 0.274 e. The molecule has 21 heavy (non-hydrogen) atoms. The molecule has 1 N–H and O–H groups in total. The van der Waals surface area contributed by atoms with Crippen LogP contribution in [0.3, 0.4) is 0 Å². The van der Waals surface area contributed by atoms with Crippen LogP contribution in [0, 0.1) is 11.6 Å². The standard InChI is InChI=1S/C15H17F2N3O/c1-15(2,3)13-8-12(20(4)19-13)14(21)18-11-7-9(16)5-6-10(11)17/h5-8H,1-4H3,(H,18,21). The van der Waals surface area contributed by atoms with Crippen molar-refractivity contribution in [3.05, 3.63) is 47.3 Å². The highest BCUT2D eigenvalue weighted by molar-refractivity contribution is 6.03. The van der Waals surface area contributed by atoms with E-state index < -0.39 is 17.5 Å². The van der Waals surface area contributed by atoms with E-state index in [-0.39, 0.29) is 16.8 Å². The van der Waals surface area contributed by atoms with Crippen molar-refractivity contribution in [3.8, 4) is 0 Å². The topological polar surface area (TPSA) is 46.9 Å². The van der Waals surface area contributed by atoms with Gasteiger partial charge in [0.1, 0.15) is 17.3 Å². The summed E-state index contributed by atoms with van der Waals surface area (Å²) in [7, 11) is 1.63. The summed E-state index contributed by atoms with van der Waals surface area (Å²) in [5.74, 6) is -1.85. The summed E-state index contributed by atoms with van der Waals surface area (Å²) in [6.07, 6.45) is 0. The molecule has 0 atom stereocenters. The Hall–Kier alpha value is -2.24. The molecule has 0 unspecified atom stereocenters. The Morgan fingerprint density at radius 1 is 1.24 bits per heavy atom. The largest absolute Gasteiger partial charge is 0.318 e. The molecule has 6 heteroatoms. The zero-order valence-electron chi connectivity index (χ0n) is 12.4. The van der Waals surface area contributed by atoms with Gasteiger partial charge in [-0.2, -0.15) is 5.10 Å². The Morgan fingerprint density at radius 3 is 2.48 bits per heavy atom. The van der Waals surface area contributed by atoms with Crippen LogP contribution in [0.25, 0.3) is 0 Å². The molecule has 0 radical (unpaired) electrons. The summed E-state index contributed by atoms with van der Waals surface area (Å²) >= 11 is 0. The van der Waals surface area contributed by atoms with Gasteiger partial charge in [-0.15, -0.1) is 0 Å². The van der Waals surface area contributed by atoms with E-state index in [1.54, 1.807) is 13.1 Å². The second kappa shape index (κ2) is 5.27. The minimum atomic E-state index is -0.692. The van der Waals surface area contributed by atoms with E-state index >= 15 is 0 Å². The van der Waals surface area contributed by atoms with Crippen molar-refractivity contribution in [1.82, 2.24) is 9.78 Å². The maximum absolute atomic E-state index is 13.5. The van der Waals surface area contributed by atoms with Crippen molar-refractivity contribution < 1.29 is 13.6 Å². The number of amides is 1. The number of nitrogens with zero attached hydrogens (tertiary/aromatic N) is 2. The third-order valence-corrected chi connectivity index (χ3v) is 3.06. The number of aryl methyl sites for hydroxylation is 1. The molecular weight excluding hydrogens is 276 g/mol. The molecule has 0 aliphatic carbocycles. The van der Waals surface area contributed by atoms with Crippen LogP contribution < -0.4 is 5.32 Å². The van der Waals surface area contributed by atoms with Gasteiger partial charge in [-0.05, 0) is 18.2 Å². The summed E-state index contributed by atoms with van der Waals surface area (Å²) < 4.78 is 28.1. The quantitative estimate of drug-likeness (QED) is 0.924. The highest BCUT2D eigenvalue weighted by Gasteiger charge is 2.22.